The van der Waals surface area contributed by atoms with Crippen LogP contribution in [-0.2, 0) is 22.8 Å². The Morgan fingerprint density at radius 3 is 2.70 bits per heavy atom. The first-order valence-corrected chi connectivity index (χ1v) is 11.4. The van der Waals surface area contributed by atoms with Crippen LogP contribution in [0.3, 0.4) is 0 Å². The quantitative estimate of drug-likeness (QED) is 0.804. The molecule has 2 aliphatic rings. The average molecular weight is 387 g/mol. The molecule has 0 saturated carbocycles. The Labute approximate surface area is 161 Å². The fourth-order valence-corrected chi connectivity index (χ4v) is 5.85. The van der Waals surface area contributed by atoms with E-state index in [0.717, 1.165) is 43.5 Å². The van der Waals surface area contributed by atoms with E-state index in [-0.39, 0.29) is 17.5 Å². The van der Waals surface area contributed by atoms with Gasteiger partial charge >= 0.3 is 0 Å². The van der Waals surface area contributed by atoms with E-state index in [1.165, 1.54) is 11.1 Å². The lowest BCUT2D eigenvalue weighted by Crippen LogP contribution is -2.38. The molecule has 0 amide bonds. The number of rotatable bonds is 4. The van der Waals surface area contributed by atoms with Gasteiger partial charge in [-0.25, -0.2) is 13.4 Å². The lowest BCUT2D eigenvalue weighted by atomic mass is 10.0. The van der Waals surface area contributed by atoms with E-state index in [0.29, 0.717) is 6.42 Å². The molecule has 0 bridgehead atoms. The topological polar surface area (TPSA) is 66.4 Å². The molecular weight excluding hydrogens is 360 g/mol. The summed E-state index contributed by atoms with van der Waals surface area (Å²) >= 11 is 0. The normalized spacial score (nSPS) is 21.1. The molecule has 27 heavy (non-hydrogen) atoms. The van der Waals surface area contributed by atoms with E-state index in [1.807, 2.05) is 13.0 Å². The third kappa shape index (κ3) is 3.78. The lowest BCUT2D eigenvalue weighted by molar-refractivity contribution is 0.599. The number of benzene rings is 1. The maximum absolute atomic E-state index is 11.9. The first-order valence-electron chi connectivity index (χ1n) is 9.59. The van der Waals surface area contributed by atoms with Gasteiger partial charge in [-0.15, -0.1) is 0 Å². The summed E-state index contributed by atoms with van der Waals surface area (Å²) in [6.45, 7) is 6.47. The van der Waals surface area contributed by atoms with Crippen LogP contribution in [0.2, 0.25) is 0 Å². The fraction of sp³-hybridized carbons (Fsp3) is 0.500. The summed E-state index contributed by atoms with van der Waals surface area (Å²) in [6, 6.07) is 10.5. The molecule has 4 rings (SSSR count). The zero-order valence-electron chi connectivity index (χ0n) is 15.9. The van der Waals surface area contributed by atoms with Gasteiger partial charge in [0.25, 0.3) is 0 Å². The van der Waals surface area contributed by atoms with Crippen molar-refractivity contribution in [3.8, 4) is 0 Å². The molecule has 6 nitrogen and oxygen atoms in total. The number of anilines is 2. The van der Waals surface area contributed by atoms with Gasteiger partial charge in [-0.2, -0.15) is 4.98 Å². The van der Waals surface area contributed by atoms with Crippen molar-refractivity contribution in [3.05, 3.63) is 47.2 Å². The van der Waals surface area contributed by atoms with Crippen LogP contribution in [0.15, 0.2) is 30.3 Å². The molecule has 1 atom stereocenters. The largest absolute Gasteiger partial charge is 0.353 e. The van der Waals surface area contributed by atoms with Crippen LogP contribution in [0.5, 0.6) is 0 Å². The predicted molar refractivity (Wildman–Crippen MR) is 108 cm³/mol. The van der Waals surface area contributed by atoms with Crippen molar-refractivity contribution in [3.63, 3.8) is 0 Å². The molecule has 2 aliphatic heterocycles. The second-order valence-electron chi connectivity index (χ2n) is 7.45. The summed E-state index contributed by atoms with van der Waals surface area (Å²) in [5.74, 6) is 2.06. The Bertz CT molecular complexity index is 945. The lowest BCUT2D eigenvalue weighted by Gasteiger charge is -2.32. The van der Waals surface area contributed by atoms with Gasteiger partial charge in [0.1, 0.15) is 5.82 Å². The summed E-state index contributed by atoms with van der Waals surface area (Å²) in [6.07, 6.45) is 1.66. The standard InChI is InChI=1S/C20H26N4O2S/c1-3-24(18-9-11-27(25,26)14-18)19-12-15(2)21-20(22-19)23-10-8-16-6-4-5-7-17(16)13-23/h4-7,12,18H,3,8-11,13-14H2,1-2H3. The summed E-state index contributed by atoms with van der Waals surface area (Å²) in [5, 5.41) is 0. The van der Waals surface area contributed by atoms with Crippen molar-refractivity contribution >= 4 is 21.6 Å². The first-order chi connectivity index (χ1) is 12.9. The fourth-order valence-electron chi connectivity index (χ4n) is 4.12. The SMILES string of the molecule is CCN(c1cc(C)nc(N2CCc3ccccc3C2)n1)C1CCS(=O)(=O)C1. The van der Waals surface area contributed by atoms with Crippen LogP contribution in [0.25, 0.3) is 0 Å². The molecule has 0 N–H and O–H groups in total. The third-order valence-corrected chi connectivity index (χ3v) is 7.28. The zero-order valence-corrected chi connectivity index (χ0v) is 16.7. The van der Waals surface area contributed by atoms with Crippen LogP contribution < -0.4 is 9.80 Å². The minimum Gasteiger partial charge on any atom is -0.353 e. The van der Waals surface area contributed by atoms with Crippen LogP contribution in [0, 0.1) is 6.92 Å². The smallest absolute Gasteiger partial charge is 0.227 e. The van der Waals surface area contributed by atoms with Gasteiger partial charge in [-0.3, -0.25) is 0 Å². The van der Waals surface area contributed by atoms with Gasteiger partial charge in [0, 0.05) is 37.4 Å². The molecule has 144 valence electrons. The van der Waals surface area contributed by atoms with Crippen LogP contribution in [0.1, 0.15) is 30.2 Å². The molecule has 0 spiro atoms. The third-order valence-electron chi connectivity index (χ3n) is 5.53. The molecular formula is C20H26N4O2S. The number of fused-ring (bicyclic) bond motifs is 1. The molecule has 1 saturated heterocycles. The molecule has 1 aromatic heterocycles. The first kappa shape index (κ1) is 18.2. The molecule has 3 heterocycles. The molecule has 0 radical (unpaired) electrons. The zero-order chi connectivity index (χ0) is 19.0. The van der Waals surface area contributed by atoms with Crippen molar-refractivity contribution in [2.45, 2.75) is 39.3 Å². The van der Waals surface area contributed by atoms with E-state index in [2.05, 4.69) is 46.0 Å². The van der Waals surface area contributed by atoms with Crippen molar-refractivity contribution in [2.24, 2.45) is 0 Å². The van der Waals surface area contributed by atoms with Crippen LogP contribution in [-0.4, -0.2) is 49.0 Å². The Morgan fingerprint density at radius 2 is 2.00 bits per heavy atom. The Balaban J connectivity index is 1.62. The Morgan fingerprint density at radius 1 is 1.22 bits per heavy atom. The van der Waals surface area contributed by atoms with Gasteiger partial charge in [0.2, 0.25) is 5.95 Å². The maximum Gasteiger partial charge on any atom is 0.227 e. The second kappa shape index (κ2) is 7.11. The van der Waals surface area contributed by atoms with E-state index in [4.69, 9.17) is 4.98 Å². The highest BCUT2D eigenvalue weighted by atomic mass is 32.2. The summed E-state index contributed by atoms with van der Waals surface area (Å²) < 4.78 is 23.8. The van der Waals surface area contributed by atoms with Gasteiger partial charge < -0.3 is 9.80 Å². The highest BCUT2D eigenvalue weighted by molar-refractivity contribution is 7.91. The minimum atomic E-state index is -2.93. The van der Waals surface area contributed by atoms with Crippen LogP contribution >= 0.6 is 0 Å². The molecule has 7 heteroatoms. The number of hydrogen-bond acceptors (Lipinski definition) is 6. The number of aromatic nitrogens is 2. The molecule has 1 aromatic carbocycles. The van der Waals surface area contributed by atoms with Crippen LogP contribution in [0.4, 0.5) is 11.8 Å². The average Bonchev–Trinajstić information content (AvgIpc) is 3.01. The van der Waals surface area contributed by atoms with E-state index in [1.54, 1.807) is 0 Å². The Hall–Kier alpha value is -2.15. The van der Waals surface area contributed by atoms with Crippen molar-refractivity contribution in [1.82, 2.24) is 9.97 Å². The van der Waals surface area contributed by atoms with Crippen molar-refractivity contribution in [2.75, 3.05) is 34.4 Å². The number of nitrogens with zero attached hydrogens (tertiary/aromatic N) is 4. The van der Waals surface area contributed by atoms with Gasteiger partial charge in [-0.1, -0.05) is 24.3 Å². The molecule has 1 unspecified atom stereocenters. The van der Waals surface area contributed by atoms with E-state index >= 15 is 0 Å². The second-order valence-corrected chi connectivity index (χ2v) is 9.68. The summed E-state index contributed by atoms with van der Waals surface area (Å²) in [4.78, 5) is 13.9. The summed E-state index contributed by atoms with van der Waals surface area (Å²) in [5.41, 5.74) is 3.63. The van der Waals surface area contributed by atoms with E-state index < -0.39 is 9.84 Å². The Kier molecular flexibility index (Phi) is 4.80. The highest BCUT2D eigenvalue weighted by Gasteiger charge is 2.32. The maximum atomic E-state index is 11.9. The number of aryl methyl sites for hydroxylation is 1. The van der Waals surface area contributed by atoms with Crippen molar-refractivity contribution in [1.29, 1.82) is 0 Å². The van der Waals surface area contributed by atoms with E-state index in [9.17, 15) is 8.42 Å². The van der Waals surface area contributed by atoms with Gasteiger partial charge in [0.05, 0.1) is 11.5 Å². The molecule has 2 aromatic rings. The number of sulfone groups is 1. The summed E-state index contributed by atoms with van der Waals surface area (Å²) in [7, 11) is -2.93. The minimum absolute atomic E-state index is 0.00392. The monoisotopic (exact) mass is 386 g/mol. The highest BCUT2D eigenvalue weighted by Crippen LogP contribution is 2.27. The van der Waals surface area contributed by atoms with Gasteiger partial charge in [-0.05, 0) is 37.8 Å². The predicted octanol–water partition coefficient (Wildman–Crippen LogP) is 2.36. The molecule has 1 fully saturated rings. The molecule has 0 aliphatic carbocycles. The van der Waals surface area contributed by atoms with Crippen molar-refractivity contribution < 1.29 is 8.42 Å². The van der Waals surface area contributed by atoms with Gasteiger partial charge in [0.15, 0.2) is 9.84 Å². The number of hydrogen-bond donors (Lipinski definition) is 0.